The van der Waals surface area contributed by atoms with Gasteiger partial charge in [-0.3, -0.25) is 9.47 Å². The maximum Gasteiger partial charge on any atom is 0.234 e. The summed E-state index contributed by atoms with van der Waals surface area (Å²) in [6.07, 6.45) is 5.32. The van der Waals surface area contributed by atoms with Gasteiger partial charge in [0.1, 0.15) is 12.1 Å². The first-order valence-corrected chi connectivity index (χ1v) is 8.33. The lowest BCUT2D eigenvalue weighted by Crippen LogP contribution is -2.15. The Labute approximate surface area is 147 Å². The summed E-state index contributed by atoms with van der Waals surface area (Å²) in [4.78, 5) is 12.1. The van der Waals surface area contributed by atoms with Crippen molar-refractivity contribution in [2.75, 3.05) is 18.2 Å². The number of nitrogens with one attached hydrogen (secondary N) is 1. The van der Waals surface area contributed by atoms with Gasteiger partial charge in [-0.15, -0.1) is 10.2 Å². The topological polar surface area (TPSA) is 74.0 Å². The molecule has 0 atom stereocenters. The minimum Gasteiger partial charge on any atom is -0.495 e. The molecule has 124 valence electrons. The zero-order chi connectivity index (χ0) is 16.9. The molecule has 0 saturated heterocycles. The van der Waals surface area contributed by atoms with Gasteiger partial charge in [0.25, 0.3) is 0 Å². The Kier molecular flexibility index (Phi) is 5.07. The van der Waals surface area contributed by atoms with E-state index in [2.05, 4.69) is 15.5 Å². The summed E-state index contributed by atoms with van der Waals surface area (Å²) in [7, 11) is 1.54. The number of nitrogens with zero attached hydrogens (tertiary/aromatic N) is 4. The third-order valence-corrected chi connectivity index (χ3v) is 4.33. The molecular formula is C15H14ClN5O2S. The Bertz CT molecular complexity index is 834. The number of hydrogen-bond acceptors (Lipinski definition) is 5. The molecule has 2 aromatic heterocycles. The minimum absolute atomic E-state index is 0.164. The smallest absolute Gasteiger partial charge is 0.234 e. The van der Waals surface area contributed by atoms with Crippen molar-refractivity contribution in [3.63, 3.8) is 0 Å². The molecule has 3 rings (SSSR count). The first kappa shape index (κ1) is 16.4. The van der Waals surface area contributed by atoms with Crippen LogP contribution in [0.2, 0.25) is 5.02 Å². The third-order valence-electron chi connectivity index (χ3n) is 3.11. The van der Waals surface area contributed by atoms with E-state index in [-0.39, 0.29) is 11.7 Å². The van der Waals surface area contributed by atoms with Crippen molar-refractivity contribution in [2.24, 2.45) is 0 Å². The summed E-state index contributed by atoms with van der Waals surface area (Å²) in [5, 5.41) is 11.8. The monoisotopic (exact) mass is 363 g/mol. The van der Waals surface area contributed by atoms with Gasteiger partial charge < -0.3 is 10.1 Å². The van der Waals surface area contributed by atoms with Crippen LogP contribution < -0.4 is 10.1 Å². The number of aromatic nitrogens is 4. The highest BCUT2D eigenvalue weighted by Gasteiger charge is 2.10. The van der Waals surface area contributed by atoms with E-state index in [0.717, 1.165) is 0 Å². The fraction of sp³-hybridized carbons (Fsp3) is 0.133. The van der Waals surface area contributed by atoms with Crippen LogP contribution in [-0.2, 0) is 4.79 Å². The zero-order valence-electron chi connectivity index (χ0n) is 12.7. The molecule has 3 aromatic rings. The number of methoxy groups -OCH3 is 1. The maximum atomic E-state index is 12.1. The number of amides is 1. The summed E-state index contributed by atoms with van der Waals surface area (Å²) in [6, 6.07) is 8.87. The molecule has 0 bridgehead atoms. The summed E-state index contributed by atoms with van der Waals surface area (Å²) in [5.74, 6) is 0.594. The SMILES string of the molecule is COc1ccc(NC(=O)CSc2nncn2-n2cccc2)cc1Cl. The average Bonchev–Trinajstić information content (AvgIpc) is 3.24. The lowest BCUT2D eigenvalue weighted by molar-refractivity contribution is -0.113. The highest BCUT2D eigenvalue weighted by atomic mass is 35.5. The normalized spacial score (nSPS) is 10.6. The third kappa shape index (κ3) is 3.72. The van der Waals surface area contributed by atoms with E-state index >= 15 is 0 Å². The van der Waals surface area contributed by atoms with E-state index in [1.807, 2.05) is 29.2 Å². The van der Waals surface area contributed by atoms with Crippen molar-refractivity contribution in [3.8, 4) is 5.75 Å². The Balaban J connectivity index is 1.60. The Hall–Kier alpha value is -2.45. The van der Waals surface area contributed by atoms with Crippen LogP contribution in [0.25, 0.3) is 0 Å². The van der Waals surface area contributed by atoms with Crippen LogP contribution in [0.3, 0.4) is 0 Å². The van der Waals surface area contributed by atoms with Gasteiger partial charge >= 0.3 is 0 Å². The molecule has 24 heavy (non-hydrogen) atoms. The van der Waals surface area contributed by atoms with Crippen molar-refractivity contribution < 1.29 is 9.53 Å². The number of carbonyl (C=O) groups is 1. The second-order valence-electron chi connectivity index (χ2n) is 4.71. The predicted octanol–water partition coefficient (Wildman–Crippen LogP) is 2.78. The van der Waals surface area contributed by atoms with Crippen molar-refractivity contribution in [1.82, 2.24) is 19.5 Å². The number of rotatable bonds is 6. The first-order chi connectivity index (χ1) is 11.7. The van der Waals surface area contributed by atoms with Gasteiger partial charge in [-0.05, 0) is 30.3 Å². The number of ether oxygens (including phenoxy) is 1. The molecule has 0 fully saturated rings. The second-order valence-corrected chi connectivity index (χ2v) is 6.06. The van der Waals surface area contributed by atoms with Crippen molar-refractivity contribution in [2.45, 2.75) is 5.16 Å². The number of benzene rings is 1. The van der Waals surface area contributed by atoms with E-state index in [0.29, 0.717) is 21.6 Å². The Morgan fingerprint density at radius 1 is 1.38 bits per heavy atom. The van der Waals surface area contributed by atoms with Crippen molar-refractivity contribution in [3.05, 3.63) is 54.1 Å². The van der Waals surface area contributed by atoms with E-state index in [1.54, 1.807) is 29.2 Å². The van der Waals surface area contributed by atoms with E-state index in [4.69, 9.17) is 16.3 Å². The highest BCUT2D eigenvalue weighted by molar-refractivity contribution is 7.99. The molecule has 0 unspecified atom stereocenters. The summed E-state index contributed by atoms with van der Waals surface area (Å²) in [6.45, 7) is 0. The second kappa shape index (κ2) is 7.41. The van der Waals surface area contributed by atoms with Crippen LogP contribution in [-0.4, -0.2) is 38.3 Å². The van der Waals surface area contributed by atoms with Crippen LogP contribution in [0, 0.1) is 0 Å². The van der Waals surface area contributed by atoms with Gasteiger partial charge in [0.05, 0.1) is 17.9 Å². The van der Waals surface area contributed by atoms with Gasteiger partial charge in [0.15, 0.2) is 0 Å². The first-order valence-electron chi connectivity index (χ1n) is 6.97. The van der Waals surface area contributed by atoms with E-state index < -0.39 is 0 Å². The molecule has 0 spiro atoms. The van der Waals surface area contributed by atoms with Crippen LogP contribution >= 0.6 is 23.4 Å². The molecule has 0 aliphatic carbocycles. The molecule has 1 aromatic carbocycles. The quantitative estimate of drug-likeness (QED) is 0.682. The summed E-state index contributed by atoms with van der Waals surface area (Å²) in [5.41, 5.74) is 0.610. The predicted molar refractivity (Wildman–Crippen MR) is 92.6 cm³/mol. The van der Waals surface area contributed by atoms with Crippen molar-refractivity contribution in [1.29, 1.82) is 0 Å². The molecule has 1 N–H and O–H groups in total. The van der Waals surface area contributed by atoms with Gasteiger partial charge in [-0.25, -0.2) is 4.68 Å². The number of thioether (sulfide) groups is 1. The Morgan fingerprint density at radius 3 is 2.88 bits per heavy atom. The van der Waals surface area contributed by atoms with Gasteiger partial charge in [-0.1, -0.05) is 23.4 Å². The number of hydrogen-bond donors (Lipinski definition) is 1. The lowest BCUT2D eigenvalue weighted by Gasteiger charge is -2.09. The van der Waals surface area contributed by atoms with Gasteiger partial charge in [0, 0.05) is 18.1 Å². The van der Waals surface area contributed by atoms with Crippen LogP contribution in [0.15, 0.2) is 54.2 Å². The summed E-state index contributed by atoms with van der Waals surface area (Å²) >= 11 is 7.33. The van der Waals surface area contributed by atoms with Gasteiger partial charge in [-0.2, -0.15) is 0 Å². The standard InChI is InChI=1S/C15H14ClN5O2S/c1-23-13-5-4-11(8-12(13)16)18-14(22)9-24-15-19-17-10-21(15)20-6-2-3-7-20/h2-8,10H,9H2,1H3,(H,18,22). The van der Waals surface area contributed by atoms with E-state index in [1.165, 1.54) is 18.9 Å². The molecule has 1 amide bonds. The number of anilines is 1. The largest absolute Gasteiger partial charge is 0.495 e. The molecule has 2 heterocycles. The van der Waals surface area contributed by atoms with E-state index in [9.17, 15) is 4.79 Å². The molecule has 0 aliphatic rings. The molecule has 0 saturated carbocycles. The molecular weight excluding hydrogens is 350 g/mol. The molecule has 9 heteroatoms. The summed E-state index contributed by atoms with van der Waals surface area (Å²) < 4.78 is 8.66. The number of carbonyl (C=O) groups excluding carboxylic acids is 1. The molecule has 0 radical (unpaired) electrons. The fourth-order valence-corrected chi connectivity index (χ4v) is 2.98. The van der Waals surface area contributed by atoms with Crippen molar-refractivity contribution >= 4 is 35.0 Å². The maximum absolute atomic E-state index is 12.1. The van der Waals surface area contributed by atoms with Crippen LogP contribution in [0.1, 0.15) is 0 Å². The van der Waals surface area contributed by atoms with Gasteiger partial charge in [0.2, 0.25) is 11.1 Å². The molecule has 0 aliphatic heterocycles. The zero-order valence-corrected chi connectivity index (χ0v) is 14.3. The average molecular weight is 364 g/mol. The fourth-order valence-electron chi connectivity index (χ4n) is 2.01. The van der Waals surface area contributed by atoms with Crippen LogP contribution in [0.5, 0.6) is 5.75 Å². The number of halogens is 1. The molecule has 7 nitrogen and oxygen atoms in total. The Morgan fingerprint density at radius 2 is 2.17 bits per heavy atom. The lowest BCUT2D eigenvalue weighted by atomic mass is 10.3. The minimum atomic E-state index is -0.164. The van der Waals surface area contributed by atoms with Crippen LogP contribution in [0.4, 0.5) is 5.69 Å². The highest BCUT2D eigenvalue weighted by Crippen LogP contribution is 2.27.